The van der Waals surface area contributed by atoms with E-state index in [-0.39, 0.29) is 5.75 Å². The van der Waals surface area contributed by atoms with Gasteiger partial charge in [0.15, 0.2) is 0 Å². The van der Waals surface area contributed by atoms with Crippen LogP contribution in [0.4, 0.5) is 0 Å². The van der Waals surface area contributed by atoms with Gasteiger partial charge in [0.25, 0.3) is 0 Å². The first-order valence-corrected chi connectivity index (χ1v) is 5.63. The Morgan fingerprint density at radius 1 is 1.24 bits per heavy atom. The zero-order valence-electron chi connectivity index (χ0n) is 9.86. The monoisotopic (exact) mass is 230 g/mol. The number of phenolic OH excluding ortho intramolecular Hbond substituents is 1. The molecule has 2 aromatic carbocycles. The van der Waals surface area contributed by atoms with Gasteiger partial charge in [0.2, 0.25) is 5.79 Å². The van der Waals surface area contributed by atoms with Gasteiger partial charge < -0.3 is 14.6 Å². The Bertz CT molecular complexity index is 587. The average Bonchev–Trinajstić information content (AvgIpc) is 2.27. The summed E-state index contributed by atoms with van der Waals surface area (Å²) in [5, 5.41) is 11.6. The minimum atomic E-state index is -0.606. The Morgan fingerprint density at radius 3 is 2.88 bits per heavy atom. The van der Waals surface area contributed by atoms with E-state index in [0.717, 1.165) is 22.1 Å². The van der Waals surface area contributed by atoms with Crippen molar-refractivity contribution in [3.63, 3.8) is 0 Å². The molecule has 0 unspecified atom stereocenters. The Balaban J connectivity index is 2.21. The molecule has 0 bridgehead atoms. The Labute approximate surface area is 99.6 Å². The molecule has 3 heteroatoms. The van der Waals surface area contributed by atoms with Crippen LogP contribution in [0.1, 0.15) is 19.4 Å². The van der Waals surface area contributed by atoms with Crippen molar-refractivity contribution in [2.24, 2.45) is 0 Å². The lowest BCUT2D eigenvalue weighted by atomic mass is 10.0. The maximum Gasteiger partial charge on any atom is 0.205 e. The topological polar surface area (TPSA) is 38.7 Å². The van der Waals surface area contributed by atoms with Gasteiger partial charge in [-0.1, -0.05) is 12.1 Å². The number of hydrogen-bond donors (Lipinski definition) is 1. The summed E-state index contributed by atoms with van der Waals surface area (Å²) in [5.41, 5.74) is 1.02. The molecule has 0 fully saturated rings. The molecule has 3 nitrogen and oxygen atoms in total. The molecule has 0 aliphatic carbocycles. The van der Waals surface area contributed by atoms with Crippen molar-refractivity contribution in [2.75, 3.05) is 0 Å². The summed E-state index contributed by atoms with van der Waals surface area (Å²) in [5.74, 6) is 0.457. The van der Waals surface area contributed by atoms with Crippen LogP contribution in [0.15, 0.2) is 30.3 Å². The highest BCUT2D eigenvalue weighted by atomic mass is 16.7. The molecule has 0 saturated heterocycles. The van der Waals surface area contributed by atoms with E-state index in [1.165, 1.54) is 0 Å². The van der Waals surface area contributed by atoms with Gasteiger partial charge in [0, 0.05) is 24.8 Å². The average molecular weight is 230 g/mol. The van der Waals surface area contributed by atoms with E-state index in [1.807, 2.05) is 38.1 Å². The van der Waals surface area contributed by atoms with Gasteiger partial charge in [-0.25, -0.2) is 0 Å². The molecule has 0 aromatic heterocycles. The van der Waals surface area contributed by atoms with Gasteiger partial charge in [0.1, 0.15) is 11.5 Å². The van der Waals surface area contributed by atoms with Crippen molar-refractivity contribution in [2.45, 2.75) is 26.2 Å². The van der Waals surface area contributed by atoms with Gasteiger partial charge in [0.05, 0.1) is 6.61 Å². The van der Waals surface area contributed by atoms with Gasteiger partial charge >= 0.3 is 0 Å². The summed E-state index contributed by atoms with van der Waals surface area (Å²) in [6.45, 7) is 4.30. The van der Waals surface area contributed by atoms with E-state index in [0.29, 0.717) is 6.61 Å². The summed E-state index contributed by atoms with van der Waals surface area (Å²) >= 11 is 0. The van der Waals surface area contributed by atoms with Crippen LogP contribution in [0.25, 0.3) is 10.8 Å². The molecule has 0 atom stereocenters. The predicted molar refractivity (Wildman–Crippen MR) is 65.1 cm³/mol. The summed E-state index contributed by atoms with van der Waals surface area (Å²) in [6.07, 6.45) is 0. The van der Waals surface area contributed by atoms with Gasteiger partial charge in [-0.2, -0.15) is 0 Å². The van der Waals surface area contributed by atoms with Crippen LogP contribution in [0.3, 0.4) is 0 Å². The molecule has 2 aromatic rings. The summed E-state index contributed by atoms with van der Waals surface area (Å²) in [6, 6.07) is 9.36. The summed E-state index contributed by atoms with van der Waals surface area (Å²) < 4.78 is 11.3. The number of aromatic hydroxyl groups is 1. The van der Waals surface area contributed by atoms with Gasteiger partial charge in [-0.3, -0.25) is 0 Å². The third-order valence-corrected chi connectivity index (χ3v) is 2.97. The van der Waals surface area contributed by atoms with E-state index in [1.54, 1.807) is 6.07 Å². The fraction of sp³-hybridized carbons (Fsp3) is 0.286. The third kappa shape index (κ3) is 1.72. The molecule has 1 N–H and O–H groups in total. The quantitative estimate of drug-likeness (QED) is 0.755. The normalized spacial score (nSPS) is 17.5. The second kappa shape index (κ2) is 3.37. The van der Waals surface area contributed by atoms with Crippen LogP contribution >= 0.6 is 0 Å². The molecule has 88 valence electrons. The number of rotatable bonds is 0. The van der Waals surface area contributed by atoms with E-state index in [9.17, 15) is 5.11 Å². The molecule has 0 radical (unpaired) electrons. The highest BCUT2D eigenvalue weighted by Gasteiger charge is 2.27. The summed E-state index contributed by atoms with van der Waals surface area (Å²) in [4.78, 5) is 0. The number of ether oxygens (including phenoxy) is 2. The molecular weight excluding hydrogens is 216 g/mol. The van der Waals surface area contributed by atoms with E-state index >= 15 is 0 Å². The Kier molecular flexibility index (Phi) is 2.07. The molecular formula is C14H14O3. The van der Waals surface area contributed by atoms with E-state index < -0.39 is 5.79 Å². The largest absolute Gasteiger partial charge is 0.507 e. The van der Waals surface area contributed by atoms with Crippen LogP contribution in [0.2, 0.25) is 0 Å². The number of fused-ring (bicyclic) bond motifs is 2. The highest BCUT2D eigenvalue weighted by Crippen LogP contribution is 2.36. The maximum atomic E-state index is 9.82. The first-order chi connectivity index (χ1) is 8.05. The molecule has 17 heavy (non-hydrogen) atoms. The lowest BCUT2D eigenvalue weighted by molar-refractivity contribution is -0.179. The van der Waals surface area contributed by atoms with E-state index in [4.69, 9.17) is 9.47 Å². The third-order valence-electron chi connectivity index (χ3n) is 2.97. The zero-order chi connectivity index (χ0) is 12.0. The number of benzene rings is 2. The fourth-order valence-corrected chi connectivity index (χ4v) is 2.09. The fourth-order valence-electron chi connectivity index (χ4n) is 2.09. The molecule has 3 rings (SSSR count). The summed E-state index contributed by atoms with van der Waals surface area (Å²) in [7, 11) is 0. The molecule has 0 spiro atoms. The van der Waals surface area contributed by atoms with Crippen molar-refractivity contribution in [1.29, 1.82) is 0 Å². The Hall–Kier alpha value is -1.74. The van der Waals surface area contributed by atoms with Crippen LogP contribution in [0.5, 0.6) is 11.5 Å². The standard InChI is InChI=1S/C14H14O3/c1-14(2)16-8-10-6-9-4-3-5-12(15)11(9)7-13(10)17-14/h3-7,15H,8H2,1-2H3. The first kappa shape index (κ1) is 10.4. The van der Waals surface area contributed by atoms with Crippen LogP contribution in [0, 0.1) is 0 Å². The smallest absolute Gasteiger partial charge is 0.205 e. The van der Waals surface area contributed by atoms with Gasteiger partial charge in [-0.15, -0.1) is 0 Å². The van der Waals surface area contributed by atoms with Crippen molar-refractivity contribution in [3.8, 4) is 11.5 Å². The Morgan fingerprint density at radius 2 is 2.06 bits per heavy atom. The van der Waals surface area contributed by atoms with Crippen molar-refractivity contribution >= 4 is 10.8 Å². The maximum absolute atomic E-state index is 9.82. The second-order valence-electron chi connectivity index (χ2n) is 4.75. The van der Waals surface area contributed by atoms with Crippen LogP contribution in [-0.4, -0.2) is 10.9 Å². The molecule has 0 saturated carbocycles. The predicted octanol–water partition coefficient (Wildman–Crippen LogP) is 3.19. The SMILES string of the molecule is CC1(C)OCc2cc3cccc(O)c3cc2O1. The molecule has 0 amide bonds. The second-order valence-corrected chi connectivity index (χ2v) is 4.75. The lowest BCUT2D eigenvalue weighted by Gasteiger charge is -2.32. The van der Waals surface area contributed by atoms with Crippen molar-refractivity contribution in [1.82, 2.24) is 0 Å². The lowest BCUT2D eigenvalue weighted by Crippen LogP contribution is -2.35. The van der Waals surface area contributed by atoms with Crippen LogP contribution < -0.4 is 4.74 Å². The molecule has 1 heterocycles. The zero-order valence-corrected chi connectivity index (χ0v) is 9.86. The number of phenols is 1. The molecule has 1 aliphatic heterocycles. The van der Waals surface area contributed by atoms with Crippen LogP contribution in [-0.2, 0) is 11.3 Å². The van der Waals surface area contributed by atoms with Gasteiger partial charge in [-0.05, 0) is 23.6 Å². The minimum Gasteiger partial charge on any atom is -0.507 e. The molecule has 1 aliphatic rings. The highest BCUT2D eigenvalue weighted by molar-refractivity contribution is 5.90. The van der Waals surface area contributed by atoms with Crippen molar-refractivity contribution < 1.29 is 14.6 Å². The number of hydrogen-bond acceptors (Lipinski definition) is 3. The first-order valence-electron chi connectivity index (χ1n) is 5.63. The minimum absolute atomic E-state index is 0.276. The van der Waals surface area contributed by atoms with E-state index in [2.05, 4.69) is 0 Å². The van der Waals surface area contributed by atoms with Crippen molar-refractivity contribution in [3.05, 3.63) is 35.9 Å².